The number of rotatable bonds is 7. The van der Waals surface area contributed by atoms with Crippen LogP contribution in [0.2, 0.25) is 0 Å². The monoisotopic (exact) mass is 374 g/mol. The molecule has 1 aromatic heterocycles. The second-order valence-electron chi connectivity index (χ2n) is 7.68. The fourth-order valence-electron chi connectivity index (χ4n) is 4.39. The van der Waals surface area contributed by atoms with Crippen LogP contribution in [0.25, 0.3) is 0 Å². The molecule has 148 valence electrons. The molecule has 1 aliphatic heterocycles. The first kappa shape index (κ1) is 20.0. The molecule has 2 aromatic rings. The van der Waals surface area contributed by atoms with Crippen LogP contribution in [0, 0.1) is 11.7 Å². The van der Waals surface area contributed by atoms with Crippen molar-refractivity contribution in [3.8, 4) is 0 Å². The van der Waals surface area contributed by atoms with Crippen LogP contribution in [-0.4, -0.2) is 57.9 Å². The zero-order valence-electron chi connectivity index (χ0n) is 16.6. The smallest absolute Gasteiger partial charge is 0.129 e. The molecule has 0 aliphatic carbocycles. The van der Waals surface area contributed by atoms with Gasteiger partial charge in [0.25, 0.3) is 0 Å². The highest BCUT2D eigenvalue weighted by molar-refractivity contribution is 5.20. The lowest BCUT2D eigenvalue weighted by molar-refractivity contribution is 0.0590. The normalized spacial score (nSPS) is 22.3. The second-order valence-corrected chi connectivity index (χ2v) is 7.68. The van der Waals surface area contributed by atoms with Gasteiger partial charge in [0, 0.05) is 43.5 Å². The first-order chi connectivity index (χ1) is 13.0. The average molecular weight is 375 g/mol. The number of piperidine rings is 1. The van der Waals surface area contributed by atoms with E-state index in [1.54, 1.807) is 18.2 Å². The third kappa shape index (κ3) is 4.75. The summed E-state index contributed by atoms with van der Waals surface area (Å²) < 4.78 is 15.8. The third-order valence-electron chi connectivity index (χ3n) is 5.63. The van der Waals surface area contributed by atoms with Crippen molar-refractivity contribution < 1.29 is 9.50 Å². The second kappa shape index (κ2) is 8.95. The number of likely N-dealkylation sites (N-methyl/N-ethyl adjacent to an activating group) is 1. The van der Waals surface area contributed by atoms with Gasteiger partial charge < -0.3 is 10.0 Å². The van der Waals surface area contributed by atoms with E-state index >= 15 is 0 Å². The molecule has 2 heterocycles. The molecular weight excluding hydrogens is 343 g/mol. The number of nitrogens with zero attached hydrogens (tertiary/aromatic N) is 4. The lowest BCUT2D eigenvalue weighted by Crippen LogP contribution is -2.43. The van der Waals surface area contributed by atoms with Crippen LogP contribution in [0.3, 0.4) is 0 Å². The van der Waals surface area contributed by atoms with E-state index in [4.69, 9.17) is 0 Å². The zero-order chi connectivity index (χ0) is 19.4. The van der Waals surface area contributed by atoms with Crippen LogP contribution in [0.1, 0.15) is 43.0 Å². The maximum absolute atomic E-state index is 13.9. The maximum atomic E-state index is 13.9. The predicted molar refractivity (Wildman–Crippen MR) is 105 cm³/mol. The number of benzene rings is 1. The number of aliphatic hydroxyl groups excluding tert-OH is 1. The highest BCUT2D eigenvalue weighted by Crippen LogP contribution is 2.36. The fraction of sp³-hybridized carbons (Fsp3) is 0.571. The van der Waals surface area contributed by atoms with Crippen molar-refractivity contribution in [3.05, 3.63) is 53.6 Å². The van der Waals surface area contributed by atoms with Gasteiger partial charge in [-0.15, -0.1) is 0 Å². The largest absolute Gasteiger partial charge is 0.387 e. The van der Waals surface area contributed by atoms with Crippen molar-refractivity contribution in [3.63, 3.8) is 0 Å². The van der Waals surface area contributed by atoms with Crippen molar-refractivity contribution in [2.45, 2.75) is 31.9 Å². The number of halogens is 1. The Morgan fingerprint density at radius 3 is 2.81 bits per heavy atom. The first-order valence-corrected chi connectivity index (χ1v) is 9.83. The van der Waals surface area contributed by atoms with E-state index in [9.17, 15) is 9.50 Å². The maximum Gasteiger partial charge on any atom is 0.129 e. The molecule has 1 N–H and O–H groups in total. The highest BCUT2D eigenvalue weighted by Gasteiger charge is 2.33. The number of aliphatic hydroxyl groups is 1. The number of aromatic nitrogens is 2. The van der Waals surface area contributed by atoms with Crippen LogP contribution in [0.15, 0.2) is 36.7 Å². The van der Waals surface area contributed by atoms with Gasteiger partial charge in [-0.3, -0.25) is 9.58 Å². The van der Waals surface area contributed by atoms with E-state index in [-0.39, 0.29) is 5.82 Å². The molecular formula is C21H31FN4O. The van der Waals surface area contributed by atoms with Gasteiger partial charge in [-0.25, -0.2) is 4.39 Å². The summed E-state index contributed by atoms with van der Waals surface area (Å²) >= 11 is 0. The molecule has 0 spiro atoms. The molecule has 27 heavy (non-hydrogen) atoms. The number of likely N-dealkylation sites (tertiary alicyclic amines) is 1. The van der Waals surface area contributed by atoms with Crippen LogP contribution >= 0.6 is 0 Å². The SMILES string of the molecule is CCN1CCC[C@@H](CN(C)C[C@H](O)c2ccccc2F)[C@@H]1c1cnn(C)c1. The van der Waals surface area contributed by atoms with Gasteiger partial charge in [-0.05, 0) is 45.0 Å². The molecule has 6 heteroatoms. The number of aryl methyl sites for hydroxylation is 1. The van der Waals surface area contributed by atoms with Crippen molar-refractivity contribution in [1.29, 1.82) is 0 Å². The molecule has 0 saturated carbocycles. The van der Waals surface area contributed by atoms with Crippen LogP contribution in [-0.2, 0) is 7.05 Å². The first-order valence-electron chi connectivity index (χ1n) is 9.83. The van der Waals surface area contributed by atoms with E-state index < -0.39 is 6.10 Å². The molecule has 1 aromatic carbocycles. The van der Waals surface area contributed by atoms with E-state index in [0.29, 0.717) is 24.1 Å². The Morgan fingerprint density at radius 1 is 1.37 bits per heavy atom. The van der Waals surface area contributed by atoms with Crippen molar-refractivity contribution in [1.82, 2.24) is 19.6 Å². The molecule has 0 bridgehead atoms. The van der Waals surface area contributed by atoms with Crippen molar-refractivity contribution in [2.24, 2.45) is 13.0 Å². The zero-order valence-corrected chi connectivity index (χ0v) is 16.6. The fourth-order valence-corrected chi connectivity index (χ4v) is 4.39. The molecule has 1 saturated heterocycles. The minimum Gasteiger partial charge on any atom is -0.387 e. The number of hydrogen-bond acceptors (Lipinski definition) is 4. The average Bonchev–Trinajstić information content (AvgIpc) is 3.07. The summed E-state index contributed by atoms with van der Waals surface area (Å²) in [6.07, 6.45) is 5.59. The van der Waals surface area contributed by atoms with Gasteiger partial charge in [-0.1, -0.05) is 25.1 Å². The van der Waals surface area contributed by atoms with Gasteiger partial charge in [-0.2, -0.15) is 5.10 Å². The summed E-state index contributed by atoms with van der Waals surface area (Å²) in [5, 5.41) is 14.8. The summed E-state index contributed by atoms with van der Waals surface area (Å²) in [4.78, 5) is 4.65. The Balaban J connectivity index is 1.69. The van der Waals surface area contributed by atoms with Gasteiger partial charge in [0.15, 0.2) is 0 Å². The summed E-state index contributed by atoms with van der Waals surface area (Å²) in [6.45, 7) is 5.61. The minimum atomic E-state index is -0.820. The molecule has 0 amide bonds. The van der Waals surface area contributed by atoms with E-state index in [2.05, 4.69) is 28.0 Å². The van der Waals surface area contributed by atoms with Gasteiger partial charge in [0.1, 0.15) is 5.82 Å². The van der Waals surface area contributed by atoms with E-state index in [0.717, 1.165) is 26.1 Å². The Hall–Kier alpha value is -1.76. The summed E-state index contributed by atoms with van der Waals surface area (Å²) in [5.41, 5.74) is 1.62. The predicted octanol–water partition coefficient (Wildman–Crippen LogP) is 3.00. The summed E-state index contributed by atoms with van der Waals surface area (Å²) in [6, 6.07) is 6.81. The summed E-state index contributed by atoms with van der Waals surface area (Å²) in [7, 11) is 3.96. The third-order valence-corrected chi connectivity index (χ3v) is 5.63. The van der Waals surface area contributed by atoms with Crippen LogP contribution < -0.4 is 0 Å². The minimum absolute atomic E-state index is 0.338. The molecule has 1 aliphatic rings. The summed E-state index contributed by atoms with van der Waals surface area (Å²) in [5.74, 6) is 0.113. The van der Waals surface area contributed by atoms with Crippen LogP contribution in [0.5, 0.6) is 0 Å². The molecule has 1 fully saturated rings. The Morgan fingerprint density at radius 2 is 2.15 bits per heavy atom. The topological polar surface area (TPSA) is 44.5 Å². The highest BCUT2D eigenvalue weighted by atomic mass is 19.1. The van der Waals surface area contributed by atoms with Gasteiger partial charge in [0.05, 0.1) is 12.3 Å². The molecule has 3 rings (SSSR count). The van der Waals surface area contributed by atoms with Crippen molar-refractivity contribution >= 4 is 0 Å². The lowest BCUT2D eigenvalue weighted by Gasteiger charge is -2.42. The standard InChI is InChI=1S/C21H31FN4O/c1-4-26-11-7-8-16(21(26)17-12-23-25(3)14-17)13-24(2)15-20(27)18-9-5-6-10-19(18)22/h5-6,9-10,12,14,16,20-21,27H,4,7-8,11,13,15H2,1-3H3/t16-,20-,21+/m0/s1. The molecule has 5 nitrogen and oxygen atoms in total. The van der Waals surface area contributed by atoms with Crippen molar-refractivity contribution in [2.75, 3.05) is 33.2 Å². The molecule has 0 unspecified atom stereocenters. The van der Waals surface area contributed by atoms with Gasteiger partial charge in [0.2, 0.25) is 0 Å². The quantitative estimate of drug-likeness (QED) is 0.809. The van der Waals surface area contributed by atoms with Gasteiger partial charge >= 0.3 is 0 Å². The Bertz CT molecular complexity index is 734. The number of hydrogen-bond donors (Lipinski definition) is 1. The van der Waals surface area contributed by atoms with Crippen LogP contribution in [0.4, 0.5) is 4.39 Å². The Kier molecular flexibility index (Phi) is 6.63. The molecule has 3 atom stereocenters. The van der Waals surface area contributed by atoms with E-state index in [1.807, 2.05) is 25.0 Å². The lowest BCUT2D eigenvalue weighted by atomic mass is 9.85. The van der Waals surface area contributed by atoms with E-state index in [1.165, 1.54) is 18.1 Å². The molecule has 0 radical (unpaired) electrons. The Labute approximate surface area is 161 Å².